The summed E-state index contributed by atoms with van der Waals surface area (Å²) in [6, 6.07) is 0. The van der Waals surface area contributed by atoms with Gasteiger partial charge in [0.1, 0.15) is 0 Å². The van der Waals surface area contributed by atoms with E-state index in [1.54, 1.807) is 6.08 Å². The van der Waals surface area contributed by atoms with Crippen molar-refractivity contribution >= 4 is 5.97 Å². The Labute approximate surface area is 114 Å². The molecule has 3 heteroatoms. The lowest BCUT2D eigenvalue weighted by molar-refractivity contribution is -0.133. The Hall–Kier alpha value is -0.830. The Morgan fingerprint density at radius 2 is 1.68 bits per heavy atom. The number of carboxylic acid groups (broad SMARTS) is 1. The number of hydrogen-bond donors (Lipinski definition) is 2. The molecule has 3 nitrogen and oxygen atoms in total. The average Bonchev–Trinajstić information content (AvgIpc) is 2.25. The van der Waals surface area contributed by atoms with Gasteiger partial charge in [-0.1, -0.05) is 6.08 Å². The fourth-order valence-corrected chi connectivity index (χ4v) is 5.48. The monoisotopic (exact) mass is 264 g/mol. The summed E-state index contributed by atoms with van der Waals surface area (Å²) in [6.45, 7) is 1.91. The largest absolute Gasteiger partial charge is 0.478 e. The quantitative estimate of drug-likeness (QED) is 0.768. The van der Waals surface area contributed by atoms with Crippen molar-refractivity contribution < 1.29 is 15.0 Å². The van der Waals surface area contributed by atoms with Crippen molar-refractivity contribution in [3.05, 3.63) is 12.2 Å². The lowest BCUT2D eigenvalue weighted by Crippen LogP contribution is -2.53. The van der Waals surface area contributed by atoms with Gasteiger partial charge in [-0.2, -0.15) is 0 Å². The Kier molecular flexibility index (Phi) is 3.20. The second-order valence-corrected chi connectivity index (χ2v) is 7.26. The van der Waals surface area contributed by atoms with Gasteiger partial charge in [0.25, 0.3) is 0 Å². The van der Waals surface area contributed by atoms with Crippen molar-refractivity contribution in [2.75, 3.05) is 0 Å². The van der Waals surface area contributed by atoms with Crippen LogP contribution in [0.1, 0.15) is 45.4 Å². The van der Waals surface area contributed by atoms with Crippen molar-refractivity contribution in [3.8, 4) is 0 Å². The third kappa shape index (κ3) is 2.45. The van der Waals surface area contributed by atoms with Crippen molar-refractivity contribution in [1.82, 2.24) is 0 Å². The molecule has 4 aliphatic carbocycles. The van der Waals surface area contributed by atoms with Crippen molar-refractivity contribution in [2.45, 2.75) is 51.0 Å². The lowest BCUT2D eigenvalue weighted by atomic mass is 9.48. The summed E-state index contributed by atoms with van der Waals surface area (Å²) in [7, 11) is 0. The maximum absolute atomic E-state index is 10.8. The molecule has 0 aromatic heterocycles. The second kappa shape index (κ2) is 4.62. The first-order valence-corrected chi connectivity index (χ1v) is 7.57. The Morgan fingerprint density at radius 1 is 1.16 bits per heavy atom. The SMILES string of the molecule is CC(O)(C/C=C/C(=O)O)C1C2CC3CC(C2)CC1C3. The molecule has 0 aromatic rings. The molecule has 106 valence electrons. The minimum atomic E-state index is -0.930. The van der Waals surface area contributed by atoms with Crippen molar-refractivity contribution in [3.63, 3.8) is 0 Å². The first-order valence-electron chi connectivity index (χ1n) is 7.57. The Morgan fingerprint density at radius 3 is 2.16 bits per heavy atom. The number of aliphatic hydroxyl groups is 1. The van der Waals surface area contributed by atoms with Gasteiger partial charge in [-0.3, -0.25) is 0 Å². The summed E-state index contributed by atoms with van der Waals surface area (Å²) in [6.07, 6.45) is 9.81. The van der Waals surface area contributed by atoms with Gasteiger partial charge in [-0.05, 0) is 75.0 Å². The molecule has 19 heavy (non-hydrogen) atoms. The van der Waals surface area contributed by atoms with E-state index in [1.165, 1.54) is 32.1 Å². The molecule has 0 aliphatic heterocycles. The van der Waals surface area contributed by atoms with Crippen LogP contribution in [0, 0.1) is 29.6 Å². The fraction of sp³-hybridized carbons (Fsp3) is 0.812. The first-order chi connectivity index (χ1) is 8.95. The number of carbonyl (C=O) groups is 1. The van der Waals surface area contributed by atoms with Gasteiger partial charge in [-0.25, -0.2) is 4.79 Å². The number of carboxylic acids is 1. The Bertz CT molecular complexity index is 369. The molecule has 1 atom stereocenters. The van der Waals surface area contributed by atoms with E-state index in [0.29, 0.717) is 24.2 Å². The van der Waals surface area contributed by atoms with E-state index in [1.807, 2.05) is 6.92 Å². The number of hydrogen-bond acceptors (Lipinski definition) is 2. The lowest BCUT2D eigenvalue weighted by Gasteiger charge is -2.58. The molecule has 0 spiro atoms. The predicted molar refractivity (Wildman–Crippen MR) is 72.6 cm³/mol. The minimum Gasteiger partial charge on any atom is -0.478 e. The summed E-state index contributed by atoms with van der Waals surface area (Å²) in [5.74, 6) is 2.60. The summed E-state index contributed by atoms with van der Waals surface area (Å²) >= 11 is 0. The molecule has 0 heterocycles. The minimum absolute atomic E-state index is 0.374. The Balaban J connectivity index is 1.72. The van der Waals surface area contributed by atoms with Crippen LogP contribution in [-0.4, -0.2) is 21.8 Å². The summed E-state index contributed by atoms with van der Waals surface area (Å²) < 4.78 is 0. The van der Waals surface area contributed by atoms with Crippen molar-refractivity contribution in [1.29, 1.82) is 0 Å². The molecule has 4 aliphatic rings. The smallest absolute Gasteiger partial charge is 0.327 e. The third-order valence-electron chi connectivity index (χ3n) is 5.74. The highest BCUT2D eigenvalue weighted by Gasteiger charge is 2.53. The zero-order valence-electron chi connectivity index (χ0n) is 11.6. The molecule has 0 aromatic carbocycles. The van der Waals surface area contributed by atoms with Crippen LogP contribution < -0.4 is 0 Å². The highest BCUT2D eigenvalue weighted by Crippen LogP contribution is 2.59. The van der Waals surface area contributed by atoms with Crippen LogP contribution >= 0.6 is 0 Å². The van der Waals surface area contributed by atoms with Crippen LogP contribution in [0.4, 0.5) is 0 Å². The fourth-order valence-electron chi connectivity index (χ4n) is 5.48. The topological polar surface area (TPSA) is 57.5 Å². The van der Waals surface area contributed by atoms with Gasteiger partial charge in [-0.15, -0.1) is 0 Å². The highest BCUT2D eigenvalue weighted by molar-refractivity contribution is 5.79. The maximum Gasteiger partial charge on any atom is 0.327 e. The van der Waals surface area contributed by atoms with Gasteiger partial charge in [0.05, 0.1) is 5.60 Å². The molecular formula is C16H24O3. The maximum atomic E-state index is 10.8. The predicted octanol–water partition coefficient (Wildman–Crippen LogP) is 2.84. The van der Waals surface area contributed by atoms with E-state index >= 15 is 0 Å². The van der Waals surface area contributed by atoms with E-state index in [0.717, 1.165) is 17.9 Å². The molecule has 0 saturated heterocycles. The normalized spacial score (nSPS) is 43.6. The van der Waals surface area contributed by atoms with Gasteiger partial charge in [0.2, 0.25) is 0 Å². The average molecular weight is 264 g/mol. The zero-order valence-corrected chi connectivity index (χ0v) is 11.6. The molecule has 4 saturated carbocycles. The van der Waals surface area contributed by atoms with Crippen LogP contribution in [0.15, 0.2) is 12.2 Å². The number of rotatable bonds is 4. The molecule has 0 radical (unpaired) electrons. The third-order valence-corrected chi connectivity index (χ3v) is 5.74. The second-order valence-electron chi connectivity index (χ2n) is 7.26. The van der Waals surface area contributed by atoms with Gasteiger partial charge < -0.3 is 10.2 Å². The highest BCUT2D eigenvalue weighted by atomic mass is 16.4. The molecule has 2 N–H and O–H groups in total. The van der Waals surface area contributed by atoms with Crippen LogP contribution in [0.2, 0.25) is 0 Å². The summed E-state index contributed by atoms with van der Waals surface area (Å²) in [4.78, 5) is 10.5. The molecule has 4 rings (SSSR count). The van der Waals surface area contributed by atoms with E-state index in [4.69, 9.17) is 5.11 Å². The molecule has 4 bridgehead atoms. The van der Waals surface area contributed by atoms with Gasteiger partial charge in [0, 0.05) is 6.08 Å². The van der Waals surface area contributed by atoms with E-state index in [-0.39, 0.29) is 0 Å². The molecular weight excluding hydrogens is 240 g/mol. The van der Waals surface area contributed by atoms with Crippen LogP contribution in [-0.2, 0) is 4.79 Å². The van der Waals surface area contributed by atoms with E-state index in [2.05, 4.69) is 0 Å². The standard InChI is InChI=1S/C16H24O3/c1-16(19,4-2-3-14(17)18)15-12-6-10-5-11(8-12)9-13(15)7-10/h2-3,10-13,15,19H,4-9H2,1H3,(H,17,18)/b3-2+. The van der Waals surface area contributed by atoms with E-state index < -0.39 is 11.6 Å². The van der Waals surface area contributed by atoms with Crippen LogP contribution in [0.3, 0.4) is 0 Å². The molecule has 0 amide bonds. The first kappa shape index (κ1) is 13.2. The van der Waals surface area contributed by atoms with E-state index in [9.17, 15) is 9.90 Å². The zero-order chi connectivity index (χ0) is 13.6. The van der Waals surface area contributed by atoms with Crippen LogP contribution in [0.25, 0.3) is 0 Å². The van der Waals surface area contributed by atoms with Gasteiger partial charge >= 0.3 is 5.97 Å². The number of aliphatic carboxylic acids is 1. The summed E-state index contributed by atoms with van der Waals surface area (Å²) in [5, 5.41) is 19.5. The molecule has 1 unspecified atom stereocenters. The van der Waals surface area contributed by atoms with Crippen LogP contribution in [0.5, 0.6) is 0 Å². The summed E-state index contributed by atoms with van der Waals surface area (Å²) in [5.41, 5.74) is -0.742. The van der Waals surface area contributed by atoms with Crippen molar-refractivity contribution in [2.24, 2.45) is 29.6 Å². The molecule has 4 fully saturated rings. The van der Waals surface area contributed by atoms with Gasteiger partial charge in [0.15, 0.2) is 0 Å².